The minimum Gasteiger partial charge on any atom is -0.493 e. The monoisotopic (exact) mass is 393 g/mol. The van der Waals surface area contributed by atoms with Crippen LogP contribution in [0.4, 0.5) is 8.78 Å². The Kier molecular flexibility index (Phi) is 7.34. The summed E-state index contributed by atoms with van der Waals surface area (Å²) >= 11 is 0. The molecule has 0 saturated carbocycles. The van der Waals surface area contributed by atoms with E-state index in [9.17, 15) is 13.6 Å². The predicted octanol–water partition coefficient (Wildman–Crippen LogP) is 4.54. The first-order valence-electron chi connectivity index (χ1n) is 8.82. The van der Waals surface area contributed by atoms with Crippen LogP contribution in [0.25, 0.3) is 0 Å². The summed E-state index contributed by atoms with van der Waals surface area (Å²) in [6, 6.07) is 12.0. The molecule has 2 aromatic rings. The van der Waals surface area contributed by atoms with Crippen molar-refractivity contribution in [2.75, 3.05) is 7.11 Å². The van der Waals surface area contributed by atoms with Crippen molar-refractivity contribution in [3.63, 3.8) is 0 Å². The largest absolute Gasteiger partial charge is 0.493 e. The molecule has 0 saturated heterocycles. The van der Waals surface area contributed by atoms with Crippen molar-refractivity contribution in [1.82, 2.24) is 5.32 Å². The second-order valence-electron chi connectivity index (χ2n) is 7.17. The molecule has 0 aliphatic rings. The van der Waals surface area contributed by atoms with Crippen LogP contribution in [-0.2, 0) is 17.8 Å². The van der Waals surface area contributed by atoms with E-state index in [2.05, 4.69) is 10.1 Å². The number of carbonyl (C=O) groups excluding carboxylic acids is 1. The zero-order chi connectivity index (χ0) is 20.7. The third-order valence-electron chi connectivity index (χ3n) is 3.69. The Hall–Kier alpha value is -2.67. The number of carbonyl (C=O) groups is 1. The molecule has 7 heteroatoms. The van der Waals surface area contributed by atoms with Gasteiger partial charge in [-0.3, -0.25) is 0 Å². The Balaban J connectivity index is 1.92. The molecule has 1 N–H and O–H groups in total. The van der Waals surface area contributed by atoms with Crippen molar-refractivity contribution in [1.29, 1.82) is 0 Å². The Morgan fingerprint density at radius 1 is 1.00 bits per heavy atom. The normalized spacial score (nSPS) is 11.4. The average molecular weight is 393 g/mol. The number of rotatable bonds is 8. The van der Waals surface area contributed by atoms with Gasteiger partial charge in [-0.2, -0.15) is 8.78 Å². The fourth-order valence-electron chi connectivity index (χ4n) is 2.47. The third kappa shape index (κ3) is 6.81. The number of ether oxygens (including phenoxy) is 3. The zero-order valence-electron chi connectivity index (χ0n) is 16.4. The van der Waals surface area contributed by atoms with Gasteiger partial charge >= 0.3 is 12.6 Å². The number of halogens is 2. The minimum absolute atomic E-state index is 0.00138. The molecule has 0 aromatic heterocycles. The van der Waals surface area contributed by atoms with Crippen LogP contribution in [0.1, 0.15) is 42.3 Å². The molecule has 5 nitrogen and oxygen atoms in total. The van der Waals surface area contributed by atoms with E-state index >= 15 is 0 Å². The summed E-state index contributed by atoms with van der Waals surface area (Å²) in [7, 11) is 1.40. The van der Waals surface area contributed by atoms with Gasteiger partial charge in [0, 0.05) is 13.1 Å². The summed E-state index contributed by atoms with van der Waals surface area (Å²) in [6.07, 6.45) is 0. The third-order valence-corrected chi connectivity index (χ3v) is 3.69. The first-order chi connectivity index (χ1) is 13.2. The Labute approximate surface area is 163 Å². The van der Waals surface area contributed by atoms with Gasteiger partial charge in [0.25, 0.3) is 0 Å². The second-order valence-corrected chi connectivity index (χ2v) is 7.17. The first kappa shape index (κ1) is 21.6. The van der Waals surface area contributed by atoms with E-state index in [0.717, 1.165) is 11.1 Å². The highest BCUT2D eigenvalue weighted by Gasteiger charge is 2.17. The summed E-state index contributed by atoms with van der Waals surface area (Å²) in [6.45, 7) is 3.55. The van der Waals surface area contributed by atoms with Gasteiger partial charge in [-0.15, -0.1) is 0 Å². The molecule has 152 valence electrons. The van der Waals surface area contributed by atoms with Gasteiger partial charge in [0.05, 0.1) is 12.7 Å². The number of esters is 1. The van der Waals surface area contributed by atoms with Crippen LogP contribution < -0.4 is 14.8 Å². The van der Waals surface area contributed by atoms with Crippen molar-refractivity contribution in [2.45, 2.75) is 46.1 Å². The van der Waals surface area contributed by atoms with Gasteiger partial charge in [-0.1, -0.05) is 18.2 Å². The van der Waals surface area contributed by atoms with Crippen LogP contribution in [0.5, 0.6) is 11.5 Å². The maximum absolute atomic E-state index is 12.5. The lowest BCUT2D eigenvalue weighted by Crippen LogP contribution is -2.23. The highest BCUT2D eigenvalue weighted by molar-refractivity contribution is 5.89. The molecule has 0 heterocycles. The number of methoxy groups -OCH3 is 1. The number of alkyl halides is 2. The summed E-state index contributed by atoms with van der Waals surface area (Å²) in [4.78, 5) is 12.0. The van der Waals surface area contributed by atoms with Gasteiger partial charge in [0.1, 0.15) is 5.60 Å². The Bertz CT molecular complexity index is 786. The zero-order valence-corrected chi connectivity index (χ0v) is 16.4. The summed E-state index contributed by atoms with van der Waals surface area (Å²) in [5.41, 5.74) is 1.71. The number of benzene rings is 2. The van der Waals surface area contributed by atoms with E-state index in [1.165, 1.54) is 13.2 Å². The molecule has 0 fully saturated rings. The smallest absolute Gasteiger partial charge is 0.387 e. The maximum Gasteiger partial charge on any atom is 0.387 e. The standard InChI is InChI=1S/C21H25F2NO4/c1-21(2,3)28-19(25)16-8-5-14(6-9-16)12-24-13-15-7-10-17(26-4)18(11-15)27-20(22)23/h5-11,20,24H,12-13H2,1-4H3. The highest BCUT2D eigenvalue weighted by atomic mass is 19.3. The van der Waals surface area contributed by atoms with Gasteiger partial charge < -0.3 is 19.5 Å². The molecule has 0 bridgehead atoms. The molecule has 0 aliphatic carbocycles. The van der Waals surface area contributed by atoms with Gasteiger partial charge in [-0.25, -0.2) is 4.79 Å². The van der Waals surface area contributed by atoms with Crippen molar-refractivity contribution >= 4 is 5.97 Å². The molecule has 0 unspecified atom stereocenters. The number of hydrogen-bond acceptors (Lipinski definition) is 5. The van der Waals surface area contributed by atoms with Crippen molar-refractivity contribution < 1.29 is 27.8 Å². The highest BCUT2D eigenvalue weighted by Crippen LogP contribution is 2.29. The summed E-state index contributed by atoms with van der Waals surface area (Å²) in [5.74, 6) is -0.114. The topological polar surface area (TPSA) is 56.8 Å². The molecule has 2 rings (SSSR count). The van der Waals surface area contributed by atoms with E-state index in [0.29, 0.717) is 18.7 Å². The molecule has 2 aromatic carbocycles. The fraction of sp³-hybridized carbons (Fsp3) is 0.381. The van der Waals surface area contributed by atoms with Crippen LogP contribution in [-0.4, -0.2) is 25.3 Å². The lowest BCUT2D eigenvalue weighted by atomic mass is 10.1. The van der Waals surface area contributed by atoms with Crippen LogP contribution in [0, 0.1) is 0 Å². The molecular weight excluding hydrogens is 368 g/mol. The average Bonchev–Trinajstić information content (AvgIpc) is 2.60. The SMILES string of the molecule is COc1ccc(CNCc2ccc(C(=O)OC(C)(C)C)cc2)cc1OC(F)F. The molecule has 28 heavy (non-hydrogen) atoms. The Morgan fingerprint density at radius 3 is 2.18 bits per heavy atom. The number of hydrogen-bond donors (Lipinski definition) is 1. The van der Waals surface area contributed by atoms with Crippen LogP contribution >= 0.6 is 0 Å². The first-order valence-corrected chi connectivity index (χ1v) is 8.82. The molecule has 0 aliphatic heterocycles. The lowest BCUT2D eigenvalue weighted by Gasteiger charge is -2.19. The van der Waals surface area contributed by atoms with E-state index < -0.39 is 12.2 Å². The summed E-state index contributed by atoms with van der Waals surface area (Å²) in [5, 5.41) is 3.22. The van der Waals surface area contributed by atoms with E-state index in [-0.39, 0.29) is 17.5 Å². The van der Waals surface area contributed by atoms with Crippen molar-refractivity contribution in [3.05, 3.63) is 59.2 Å². The Morgan fingerprint density at radius 2 is 1.61 bits per heavy atom. The van der Waals surface area contributed by atoms with Gasteiger partial charge in [0.15, 0.2) is 11.5 Å². The van der Waals surface area contributed by atoms with Gasteiger partial charge in [0.2, 0.25) is 0 Å². The van der Waals surface area contributed by atoms with Gasteiger partial charge in [-0.05, 0) is 56.2 Å². The van der Waals surface area contributed by atoms with Crippen LogP contribution in [0.2, 0.25) is 0 Å². The summed E-state index contributed by atoms with van der Waals surface area (Å²) < 4.78 is 39.8. The van der Waals surface area contributed by atoms with E-state index in [4.69, 9.17) is 9.47 Å². The van der Waals surface area contributed by atoms with Crippen LogP contribution in [0.15, 0.2) is 42.5 Å². The number of nitrogens with one attached hydrogen (secondary N) is 1. The molecule has 0 radical (unpaired) electrons. The molecule has 0 atom stereocenters. The fourth-order valence-corrected chi connectivity index (χ4v) is 2.47. The predicted molar refractivity (Wildman–Crippen MR) is 102 cm³/mol. The van der Waals surface area contributed by atoms with Crippen molar-refractivity contribution in [2.24, 2.45) is 0 Å². The molecular formula is C21H25F2NO4. The quantitative estimate of drug-likeness (QED) is 0.667. The lowest BCUT2D eigenvalue weighted by molar-refractivity contribution is -0.0512. The molecule has 0 spiro atoms. The molecule has 0 amide bonds. The maximum atomic E-state index is 12.5. The van der Waals surface area contributed by atoms with E-state index in [1.54, 1.807) is 24.3 Å². The van der Waals surface area contributed by atoms with Crippen molar-refractivity contribution in [3.8, 4) is 11.5 Å². The van der Waals surface area contributed by atoms with Crippen LogP contribution in [0.3, 0.4) is 0 Å². The van der Waals surface area contributed by atoms with E-state index in [1.807, 2.05) is 32.9 Å². The second kappa shape index (κ2) is 9.50. The minimum atomic E-state index is -2.92.